The van der Waals surface area contributed by atoms with Gasteiger partial charge in [-0.1, -0.05) is 38.3 Å². The molecule has 1 fully saturated rings. The molecular weight excluding hydrogens is 380 g/mol. The zero-order valence-electron chi connectivity index (χ0n) is 17.3. The first kappa shape index (κ1) is 25.5. The van der Waals surface area contributed by atoms with E-state index >= 15 is 0 Å². The molecule has 0 aromatic heterocycles. The van der Waals surface area contributed by atoms with Crippen LogP contribution in [0.4, 0.5) is 0 Å². The molecule has 9 heteroatoms. The highest BCUT2D eigenvalue weighted by atomic mass is 16.5. The average Bonchev–Trinajstić information content (AvgIpc) is 2.86. The Labute approximate surface area is 172 Å². The molecule has 0 bridgehead atoms. The van der Waals surface area contributed by atoms with Crippen LogP contribution in [0.25, 0.3) is 0 Å². The number of carbonyl (C=O) groups is 2. The SMILES string of the molecule is CCCCCCC=C[C@@H](O)[C@H](O)[C@@H](O)[C@@H](OC)C(=O)N[C@H]1CC[C@@H](O)CNC1=O. The third-order valence-corrected chi connectivity index (χ3v) is 5.01. The molecule has 2 amide bonds. The van der Waals surface area contributed by atoms with Crippen molar-refractivity contribution in [1.82, 2.24) is 10.6 Å². The van der Waals surface area contributed by atoms with Gasteiger partial charge in [0.05, 0.1) is 6.10 Å². The van der Waals surface area contributed by atoms with Crippen LogP contribution in [-0.4, -0.2) is 82.5 Å². The van der Waals surface area contributed by atoms with E-state index in [1.165, 1.54) is 13.2 Å². The Balaban J connectivity index is 2.59. The van der Waals surface area contributed by atoms with Crippen molar-refractivity contribution in [2.75, 3.05) is 13.7 Å². The molecule has 6 atom stereocenters. The minimum Gasteiger partial charge on any atom is -0.391 e. The fraction of sp³-hybridized carbons (Fsp3) is 0.800. The standard InChI is InChI=1S/C20H36N2O7/c1-3-4-5-6-7-8-9-15(24)16(25)17(26)18(29-2)20(28)22-14-11-10-13(23)12-21-19(14)27/h8-9,13-18,23-26H,3-7,10-12H2,1-2H3,(H,21,27)(H,22,28)/t13-,14+,15-,16+,17-,18-/m1/s1. The summed E-state index contributed by atoms with van der Waals surface area (Å²) in [5, 5.41) is 45.2. The highest BCUT2D eigenvalue weighted by Gasteiger charge is 2.37. The van der Waals surface area contributed by atoms with Gasteiger partial charge in [0.1, 0.15) is 24.4 Å². The van der Waals surface area contributed by atoms with Gasteiger partial charge in [-0.2, -0.15) is 0 Å². The lowest BCUT2D eigenvalue weighted by Gasteiger charge is -2.28. The summed E-state index contributed by atoms with van der Waals surface area (Å²) in [5.74, 6) is -1.22. The molecule has 0 aromatic carbocycles. The molecule has 0 saturated carbocycles. The van der Waals surface area contributed by atoms with Crippen molar-refractivity contribution < 1.29 is 34.8 Å². The number of aliphatic hydroxyl groups excluding tert-OH is 4. The van der Waals surface area contributed by atoms with Crippen LogP contribution in [0.3, 0.4) is 0 Å². The van der Waals surface area contributed by atoms with Crippen LogP contribution in [-0.2, 0) is 14.3 Å². The molecule has 6 N–H and O–H groups in total. The summed E-state index contributed by atoms with van der Waals surface area (Å²) in [6.45, 7) is 2.22. The first-order valence-electron chi connectivity index (χ1n) is 10.3. The summed E-state index contributed by atoms with van der Waals surface area (Å²) in [6, 6.07) is -0.880. The maximum Gasteiger partial charge on any atom is 0.252 e. The Morgan fingerprint density at radius 2 is 1.97 bits per heavy atom. The second-order valence-electron chi connectivity index (χ2n) is 7.44. The third-order valence-electron chi connectivity index (χ3n) is 5.01. The lowest BCUT2D eigenvalue weighted by atomic mass is 10.0. The van der Waals surface area contributed by atoms with E-state index in [0.29, 0.717) is 6.42 Å². The molecule has 0 unspecified atom stereocenters. The number of unbranched alkanes of at least 4 members (excludes halogenated alkanes) is 4. The third kappa shape index (κ3) is 8.79. The Morgan fingerprint density at radius 3 is 2.62 bits per heavy atom. The molecule has 1 aliphatic heterocycles. The van der Waals surface area contributed by atoms with Gasteiger partial charge in [-0.25, -0.2) is 0 Å². The fourth-order valence-electron chi connectivity index (χ4n) is 3.15. The van der Waals surface area contributed by atoms with E-state index in [4.69, 9.17) is 4.74 Å². The number of allylic oxidation sites excluding steroid dienone is 1. The Bertz CT molecular complexity index is 529. The monoisotopic (exact) mass is 416 g/mol. The predicted molar refractivity (Wildman–Crippen MR) is 107 cm³/mol. The number of hydrogen-bond acceptors (Lipinski definition) is 7. The summed E-state index contributed by atoms with van der Waals surface area (Å²) in [6.07, 6.45) is 1.90. The van der Waals surface area contributed by atoms with Gasteiger partial charge >= 0.3 is 0 Å². The molecule has 29 heavy (non-hydrogen) atoms. The number of β-amino-alcohol motifs (C(OH)–C–C–N with tert-alkyl or cyclic N) is 1. The van der Waals surface area contributed by atoms with Crippen LogP contribution in [0.5, 0.6) is 0 Å². The summed E-state index contributed by atoms with van der Waals surface area (Å²) in [4.78, 5) is 24.5. The van der Waals surface area contributed by atoms with Crippen LogP contribution in [0.2, 0.25) is 0 Å². The Kier molecular flexibility index (Phi) is 12.0. The number of aliphatic hydroxyl groups is 4. The van der Waals surface area contributed by atoms with Crippen molar-refractivity contribution >= 4 is 11.8 Å². The van der Waals surface area contributed by atoms with Crippen LogP contribution >= 0.6 is 0 Å². The number of nitrogens with one attached hydrogen (secondary N) is 2. The van der Waals surface area contributed by atoms with E-state index in [0.717, 1.165) is 32.1 Å². The molecule has 0 aromatic rings. The van der Waals surface area contributed by atoms with Gasteiger partial charge in [0, 0.05) is 13.7 Å². The fourth-order valence-corrected chi connectivity index (χ4v) is 3.15. The molecule has 0 aliphatic carbocycles. The normalized spacial score (nSPS) is 24.4. The number of amides is 2. The topological polar surface area (TPSA) is 148 Å². The lowest BCUT2D eigenvalue weighted by molar-refractivity contribution is -0.150. The Hall–Kier alpha value is -1.52. The summed E-state index contributed by atoms with van der Waals surface area (Å²) in [5.41, 5.74) is 0. The maximum absolute atomic E-state index is 12.5. The number of carbonyl (C=O) groups excluding carboxylic acids is 2. The first-order chi connectivity index (χ1) is 13.8. The van der Waals surface area contributed by atoms with Crippen molar-refractivity contribution in [2.45, 2.75) is 88.4 Å². The van der Waals surface area contributed by atoms with E-state index in [9.17, 15) is 30.0 Å². The predicted octanol–water partition coefficient (Wildman–Crippen LogP) is -0.634. The van der Waals surface area contributed by atoms with E-state index < -0.39 is 48.4 Å². The van der Waals surface area contributed by atoms with E-state index in [2.05, 4.69) is 17.6 Å². The molecule has 1 aliphatic rings. The minimum absolute atomic E-state index is 0.108. The minimum atomic E-state index is -1.70. The summed E-state index contributed by atoms with van der Waals surface area (Å²) >= 11 is 0. The van der Waals surface area contributed by atoms with E-state index in [1.54, 1.807) is 6.08 Å². The van der Waals surface area contributed by atoms with E-state index in [-0.39, 0.29) is 13.0 Å². The van der Waals surface area contributed by atoms with Crippen molar-refractivity contribution in [3.63, 3.8) is 0 Å². The average molecular weight is 417 g/mol. The van der Waals surface area contributed by atoms with Crippen molar-refractivity contribution in [3.8, 4) is 0 Å². The molecule has 9 nitrogen and oxygen atoms in total. The molecule has 168 valence electrons. The number of methoxy groups -OCH3 is 1. The quantitative estimate of drug-likeness (QED) is 0.183. The molecule has 1 rings (SSSR count). The van der Waals surface area contributed by atoms with E-state index in [1.807, 2.05) is 0 Å². The smallest absolute Gasteiger partial charge is 0.252 e. The maximum atomic E-state index is 12.5. The molecular formula is C20H36N2O7. The summed E-state index contributed by atoms with van der Waals surface area (Å²) < 4.78 is 5.01. The van der Waals surface area contributed by atoms with Gasteiger partial charge in [-0.15, -0.1) is 0 Å². The molecule has 1 saturated heterocycles. The van der Waals surface area contributed by atoms with Crippen molar-refractivity contribution in [2.24, 2.45) is 0 Å². The van der Waals surface area contributed by atoms with Gasteiger partial charge in [0.2, 0.25) is 5.91 Å². The first-order valence-corrected chi connectivity index (χ1v) is 10.3. The second kappa shape index (κ2) is 13.7. The zero-order valence-corrected chi connectivity index (χ0v) is 17.3. The van der Waals surface area contributed by atoms with Crippen molar-refractivity contribution in [1.29, 1.82) is 0 Å². The van der Waals surface area contributed by atoms with Crippen LogP contribution in [0.15, 0.2) is 12.2 Å². The van der Waals surface area contributed by atoms with Crippen LogP contribution < -0.4 is 10.6 Å². The van der Waals surface area contributed by atoms with Gasteiger partial charge in [0.25, 0.3) is 5.91 Å². The van der Waals surface area contributed by atoms with Gasteiger partial charge in [-0.3, -0.25) is 9.59 Å². The lowest BCUT2D eigenvalue weighted by Crippen LogP contribution is -2.55. The Morgan fingerprint density at radius 1 is 1.24 bits per heavy atom. The molecule has 0 spiro atoms. The number of hydrogen-bond donors (Lipinski definition) is 6. The molecule has 1 heterocycles. The largest absolute Gasteiger partial charge is 0.391 e. The van der Waals surface area contributed by atoms with Gasteiger partial charge < -0.3 is 35.8 Å². The second-order valence-corrected chi connectivity index (χ2v) is 7.44. The van der Waals surface area contributed by atoms with Crippen LogP contribution in [0.1, 0.15) is 51.9 Å². The zero-order chi connectivity index (χ0) is 21.8. The number of ether oxygens (including phenoxy) is 1. The van der Waals surface area contributed by atoms with Crippen molar-refractivity contribution in [3.05, 3.63) is 12.2 Å². The highest BCUT2D eigenvalue weighted by Crippen LogP contribution is 2.12. The number of rotatable bonds is 12. The summed E-state index contributed by atoms with van der Waals surface area (Å²) in [7, 11) is 1.19. The van der Waals surface area contributed by atoms with Gasteiger partial charge in [0.15, 0.2) is 6.10 Å². The molecule has 0 radical (unpaired) electrons. The van der Waals surface area contributed by atoms with Gasteiger partial charge in [-0.05, 0) is 25.7 Å². The highest BCUT2D eigenvalue weighted by molar-refractivity contribution is 5.89. The van der Waals surface area contributed by atoms with Crippen LogP contribution in [0, 0.1) is 0 Å².